The van der Waals surface area contributed by atoms with Crippen LogP contribution in [0.4, 0.5) is 4.39 Å². The summed E-state index contributed by atoms with van der Waals surface area (Å²) in [4.78, 5) is 4.46. The highest BCUT2D eigenvalue weighted by molar-refractivity contribution is 5.60. The average molecular weight is 430 g/mol. The number of unbranched alkanes of at least 4 members (excludes halogenated alkanes) is 8. The van der Waals surface area contributed by atoms with Crippen molar-refractivity contribution in [3.8, 4) is 22.8 Å². The molecule has 0 amide bonds. The van der Waals surface area contributed by atoms with E-state index in [0.717, 1.165) is 49.3 Å². The Morgan fingerprint density at radius 3 is 2.06 bits per heavy atom. The highest BCUT2D eigenvalue weighted by Gasteiger charge is 2.08. The number of alkyl halides is 1. The van der Waals surface area contributed by atoms with Gasteiger partial charge in [0.1, 0.15) is 24.3 Å². The van der Waals surface area contributed by atoms with E-state index in [2.05, 4.69) is 18.8 Å². The molecule has 0 aliphatic rings. The molecule has 0 saturated carbocycles. The predicted molar refractivity (Wildman–Crippen MR) is 128 cm³/mol. The van der Waals surface area contributed by atoms with Crippen molar-refractivity contribution in [3.05, 3.63) is 42.6 Å². The summed E-state index contributed by atoms with van der Waals surface area (Å²) in [7, 11) is 0. The quantitative estimate of drug-likeness (QED) is 0.238. The number of pyridine rings is 1. The Hall–Kier alpha value is -2.10. The molecule has 1 unspecified atom stereocenters. The third kappa shape index (κ3) is 10.7. The van der Waals surface area contributed by atoms with E-state index in [9.17, 15) is 4.39 Å². The van der Waals surface area contributed by atoms with Crippen LogP contribution >= 0.6 is 0 Å². The summed E-state index contributed by atoms with van der Waals surface area (Å²) in [6.45, 7) is 5.23. The summed E-state index contributed by atoms with van der Waals surface area (Å²) in [5.74, 6) is 1.50. The molecule has 172 valence electrons. The number of hydrogen-bond acceptors (Lipinski definition) is 3. The third-order valence-corrected chi connectivity index (χ3v) is 5.45. The van der Waals surface area contributed by atoms with Gasteiger partial charge in [-0.3, -0.25) is 4.98 Å². The minimum absolute atomic E-state index is 0.0928. The molecule has 0 spiro atoms. The fourth-order valence-corrected chi connectivity index (χ4v) is 3.49. The molecule has 1 aromatic carbocycles. The van der Waals surface area contributed by atoms with Crippen LogP contribution in [0.15, 0.2) is 42.6 Å². The normalized spacial score (nSPS) is 12.0. The minimum Gasteiger partial charge on any atom is -0.494 e. The van der Waals surface area contributed by atoms with Crippen LogP contribution in [-0.2, 0) is 0 Å². The zero-order valence-corrected chi connectivity index (χ0v) is 19.5. The lowest BCUT2D eigenvalue weighted by Crippen LogP contribution is -2.12. The van der Waals surface area contributed by atoms with Crippen molar-refractivity contribution in [2.45, 2.75) is 90.6 Å². The number of benzene rings is 1. The van der Waals surface area contributed by atoms with Crippen molar-refractivity contribution in [2.75, 3.05) is 13.2 Å². The van der Waals surface area contributed by atoms with Crippen molar-refractivity contribution < 1.29 is 13.9 Å². The summed E-state index contributed by atoms with van der Waals surface area (Å²) in [6.07, 6.45) is 13.4. The number of halogens is 1. The Morgan fingerprint density at radius 1 is 0.742 bits per heavy atom. The molecule has 0 bridgehead atoms. The van der Waals surface area contributed by atoms with E-state index in [-0.39, 0.29) is 6.61 Å². The SMILES string of the molecule is CCCCCCCCCOc1ccc(-c2ccc(OCC(F)CCCCC)cn2)cc1. The van der Waals surface area contributed by atoms with Crippen LogP contribution < -0.4 is 9.47 Å². The van der Waals surface area contributed by atoms with Crippen molar-refractivity contribution >= 4 is 0 Å². The Morgan fingerprint density at radius 2 is 1.39 bits per heavy atom. The number of aromatic nitrogens is 1. The van der Waals surface area contributed by atoms with Gasteiger partial charge in [0.25, 0.3) is 0 Å². The number of ether oxygens (including phenoxy) is 2. The van der Waals surface area contributed by atoms with E-state index in [1.54, 1.807) is 6.20 Å². The van der Waals surface area contributed by atoms with Crippen molar-refractivity contribution in [3.63, 3.8) is 0 Å². The standard InChI is InChI=1S/C27H40FNO2/c1-3-5-7-8-9-10-12-20-30-25-16-14-23(15-17-25)27-19-18-26(21-29-27)31-22-24(28)13-11-6-4-2/h14-19,21,24H,3-13,20,22H2,1-2H3. The van der Waals surface area contributed by atoms with E-state index in [4.69, 9.17) is 9.47 Å². The molecular weight excluding hydrogens is 389 g/mol. The van der Waals surface area contributed by atoms with Gasteiger partial charge in [0.05, 0.1) is 18.5 Å². The van der Waals surface area contributed by atoms with Crippen LogP contribution in [0.3, 0.4) is 0 Å². The molecule has 0 aliphatic carbocycles. The first-order valence-electron chi connectivity index (χ1n) is 12.2. The Bertz CT molecular complexity index is 687. The van der Waals surface area contributed by atoms with Gasteiger partial charge in [-0.15, -0.1) is 0 Å². The summed E-state index contributed by atoms with van der Waals surface area (Å²) in [6, 6.07) is 11.8. The maximum Gasteiger partial charge on any atom is 0.137 e. The molecule has 4 heteroatoms. The van der Waals surface area contributed by atoms with Gasteiger partial charge < -0.3 is 9.47 Å². The van der Waals surface area contributed by atoms with Gasteiger partial charge >= 0.3 is 0 Å². The fraction of sp³-hybridized carbons (Fsp3) is 0.593. The maximum atomic E-state index is 13.8. The lowest BCUT2D eigenvalue weighted by Gasteiger charge is -2.11. The Kier molecular flexibility index (Phi) is 12.7. The predicted octanol–water partition coefficient (Wildman–Crippen LogP) is 8.18. The molecular formula is C27H40FNO2. The van der Waals surface area contributed by atoms with E-state index in [1.807, 2.05) is 36.4 Å². The number of nitrogens with zero attached hydrogens (tertiary/aromatic N) is 1. The topological polar surface area (TPSA) is 31.4 Å². The molecule has 3 nitrogen and oxygen atoms in total. The lowest BCUT2D eigenvalue weighted by molar-refractivity contribution is 0.183. The number of rotatable bonds is 17. The lowest BCUT2D eigenvalue weighted by atomic mass is 10.1. The molecule has 31 heavy (non-hydrogen) atoms. The number of hydrogen-bond donors (Lipinski definition) is 0. The maximum absolute atomic E-state index is 13.8. The Balaban J connectivity index is 1.68. The summed E-state index contributed by atoms with van der Waals surface area (Å²) in [5.41, 5.74) is 1.89. The van der Waals surface area contributed by atoms with Gasteiger partial charge in [0.2, 0.25) is 0 Å². The van der Waals surface area contributed by atoms with E-state index in [0.29, 0.717) is 12.2 Å². The van der Waals surface area contributed by atoms with Crippen molar-refractivity contribution in [1.82, 2.24) is 4.98 Å². The second-order valence-electron chi connectivity index (χ2n) is 8.28. The van der Waals surface area contributed by atoms with Gasteiger partial charge in [-0.1, -0.05) is 71.6 Å². The fourth-order valence-electron chi connectivity index (χ4n) is 3.49. The highest BCUT2D eigenvalue weighted by Crippen LogP contribution is 2.23. The van der Waals surface area contributed by atoms with Gasteiger partial charge in [-0.2, -0.15) is 0 Å². The second-order valence-corrected chi connectivity index (χ2v) is 8.28. The first kappa shape index (κ1) is 25.2. The molecule has 2 aromatic rings. The van der Waals surface area contributed by atoms with Gasteiger partial charge in [0.15, 0.2) is 0 Å². The summed E-state index contributed by atoms with van der Waals surface area (Å²) < 4.78 is 25.2. The van der Waals surface area contributed by atoms with Gasteiger partial charge in [-0.05, 0) is 49.2 Å². The molecule has 1 heterocycles. The van der Waals surface area contributed by atoms with Crippen LogP contribution in [0.5, 0.6) is 11.5 Å². The van der Waals surface area contributed by atoms with Crippen LogP contribution in [0, 0.1) is 0 Å². The minimum atomic E-state index is -0.917. The molecule has 0 fully saturated rings. The molecule has 2 rings (SSSR count). The first-order chi connectivity index (χ1) is 15.2. The summed E-state index contributed by atoms with van der Waals surface area (Å²) in [5, 5.41) is 0. The smallest absolute Gasteiger partial charge is 0.137 e. The van der Waals surface area contributed by atoms with Gasteiger partial charge in [0, 0.05) is 5.56 Å². The van der Waals surface area contributed by atoms with Crippen molar-refractivity contribution in [1.29, 1.82) is 0 Å². The Labute approximate surface area is 188 Å². The monoisotopic (exact) mass is 429 g/mol. The molecule has 1 atom stereocenters. The molecule has 0 aliphatic heterocycles. The molecule has 0 saturated heterocycles. The second kappa shape index (κ2) is 15.7. The molecule has 1 aromatic heterocycles. The van der Waals surface area contributed by atoms with Crippen LogP contribution in [0.25, 0.3) is 11.3 Å². The first-order valence-corrected chi connectivity index (χ1v) is 12.2. The molecule has 0 N–H and O–H groups in total. The van der Waals surface area contributed by atoms with Gasteiger partial charge in [-0.25, -0.2) is 4.39 Å². The zero-order valence-electron chi connectivity index (χ0n) is 19.5. The van der Waals surface area contributed by atoms with E-state index < -0.39 is 6.17 Å². The van der Waals surface area contributed by atoms with E-state index in [1.165, 1.54) is 38.5 Å². The van der Waals surface area contributed by atoms with Crippen LogP contribution in [-0.4, -0.2) is 24.4 Å². The summed E-state index contributed by atoms with van der Waals surface area (Å²) >= 11 is 0. The highest BCUT2D eigenvalue weighted by atomic mass is 19.1. The zero-order chi connectivity index (χ0) is 22.2. The van der Waals surface area contributed by atoms with Crippen LogP contribution in [0.1, 0.15) is 84.5 Å². The van der Waals surface area contributed by atoms with Crippen LogP contribution in [0.2, 0.25) is 0 Å². The average Bonchev–Trinajstić information content (AvgIpc) is 2.80. The third-order valence-electron chi connectivity index (χ3n) is 5.45. The largest absolute Gasteiger partial charge is 0.494 e. The van der Waals surface area contributed by atoms with E-state index >= 15 is 0 Å². The molecule has 0 radical (unpaired) electrons. The van der Waals surface area contributed by atoms with Crippen molar-refractivity contribution in [2.24, 2.45) is 0 Å².